The van der Waals surface area contributed by atoms with Crippen LogP contribution in [0.1, 0.15) is 23.8 Å². The highest BCUT2D eigenvalue weighted by Crippen LogP contribution is 2.27. The van der Waals surface area contributed by atoms with Gasteiger partial charge in [0.05, 0.1) is 6.61 Å². The van der Waals surface area contributed by atoms with E-state index in [2.05, 4.69) is 11.9 Å². The zero-order chi connectivity index (χ0) is 13.9. The van der Waals surface area contributed by atoms with Gasteiger partial charge in [-0.2, -0.15) is 0 Å². The van der Waals surface area contributed by atoms with Gasteiger partial charge in [-0.05, 0) is 30.7 Å². The molecule has 0 aliphatic rings. The molecule has 1 aromatic carbocycles. The topological polar surface area (TPSA) is 43.6 Å². The summed E-state index contributed by atoms with van der Waals surface area (Å²) in [6.45, 7) is 2.78. The third kappa shape index (κ3) is 2.20. The largest absolute Gasteiger partial charge is 0.494 e. The lowest BCUT2D eigenvalue weighted by atomic mass is 10.1. The summed E-state index contributed by atoms with van der Waals surface area (Å²) in [5, 5.41) is 1.92. The van der Waals surface area contributed by atoms with Crippen molar-refractivity contribution < 1.29 is 9.53 Å². The number of aromatic nitrogens is 2. The normalized spacial score (nSPS) is 10.8. The Hall–Kier alpha value is -2.14. The van der Waals surface area contributed by atoms with Gasteiger partial charge in [-0.25, -0.2) is 4.98 Å². The summed E-state index contributed by atoms with van der Waals surface area (Å²) < 4.78 is 7.37. The molecule has 0 saturated carbocycles. The molecule has 0 atom stereocenters. The third-order valence-electron chi connectivity index (χ3n) is 3.01. The average Bonchev–Trinajstić information content (AvgIpc) is 3.05. The van der Waals surface area contributed by atoms with E-state index in [0.717, 1.165) is 29.0 Å². The summed E-state index contributed by atoms with van der Waals surface area (Å²) in [6, 6.07) is 7.69. The maximum absolute atomic E-state index is 11.3. The molecule has 0 amide bonds. The molecule has 0 aliphatic heterocycles. The summed E-state index contributed by atoms with van der Waals surface area (Å²) in [7, 11) is 0. The number of hydrogen-bond acceptors (Lipinski definition) is 4. The molecule has 0 N–H and O–H groups in total. The number of hydrogen-bond donors (Lipinski definition) is 0. The Balaban J connectivity index is 1.97. The SMILES string of the molecule is CCCOc1ccc(-c2nc3sccn3c2C=O)cc1. The van der Waals surface area contributed by atoms with Gasteiger partial charge in [-0.15, -0.1) is 11.3 Å². The van der Waals surface area contributed by atoms with E-state index in [1.807, 2.05) is 40.2 Å². The van der Waals surface area contributed by atoms with Crippen LogP contribution < -0.4 is 4.74 Å². The van der Waals surface area contributed by atoms with Crippen molar-refractivity contribution in [2.45, 2.75) is 13.3 Å². The molecule has 0 aliphatic carbocycles. The Bertz CT molecular complexity index is 728. The van der Waals surface area contributed by atoms with Gasteiger partial charge in [0.15, 0.2) is 11.2 Å². The van der Waals surface area contributed by atoms with Gasteiger partial charge in [0.1, 0.15) is 17.1 Å². The van der Waals surface area contributed by atoms with Crippen LogP contribution in [0.2, 0.25) is 0 Å². The molecule has 2 aromatic heterocycles. The summed E-state index contributed by atoms with van der Waals surface area (Å²) >= 11 is 1.51. The molecule has 0 spiro atoms. The molecule has 0 bridgehead atoms. The van der Waals surface area contributed by atoms with Crippen molar-refractivity contribution in [1.29, 1.82) is 0 Å². The van der Waals surface area contributed by atoms with Gasteiger partial charge in [-0.1, -0.05) is 6.92 Å². The summed E-state index contributed by atoms with van der Waals surface area (Å²) in [6.07, 6.45) is 3.69. The maximum atomic E-state index is 11.3. The number of ether oxygens (including phenoxy) is 1. The van der Waals surface area contributed by atoms with Crippen LogP contribution in [-0.2, 0) is 0 Å². The second-order valence-corrected chi connectivity index (χ2v) is 5.26. The van der Waals surface area contributed by atoms with Crippen molar-refractivity contribution in [3.63, 3.8) is 0 Å². The molecule has 3 rings (SSSR count). The highest BCUT2D eigenvalue weighted by molar-refractivity contribution is 7.15. The number of rotatable bonds is 5. The van der Waals surface area contributed by atoms with Gasteiger partial charge >= 0.3 is 0 Å². The van der Waals surface area contributed by atoms with E-state index in [1.54, 1.807) is 0 Å². The molecular weight excluding hydrogens is 272 g/mol. The molecular formula is C15H14N2O2S. The second-order valence-electron chi connectivity index (χ2n) is 4.39. The molecule has 3 aromatic rings. The average molecular weight is 286 g/mol. The van der Waals surface area contributed by atoms with Gasteiger partial charge < -0.3 is 4.74 Å². The van der Waals surface area contributed by atoms with Crippen LogP contribution in [0.5, 0.6) is 5.75 Å². The third-order valence-corrected chi connectivity index (χ3v) is 3.77. The highest BCUT2D eigenvalue weighted by Gasteiger charge is 2.14. The van der Waals surface area contributed by atoms with E-state index in [1.165, 1.54) is 11.3 Å². The van der Waals surface area contributed by atoms with E-state index >= 15 is 0 Å². The van der Waals surface area contributed by atoms with Crippen LogP contribution in [0.3, 0.4) is 0 Å². The van der Waals surface area contributed by atoms with E-state index in [0.29, 0.717) is 18.0 Å². The minimum Gasteiger partial charge on any atom is -0.494 e. The minimum absolute atomic E-state index is 0.587. The van der Waals surface area contributed by atoms with Gasteiger partial charge in [0, 0.05) is 17.1 Å². The first kappa shape index (κ1) is 12.9. The summed E-state index contributed by atoms with van der Waals surface area (Å²) in [5.41, 5.74) is 2.23. The van der Waals surface area contributed by atoms with E-state index in [4.69, 9.17) is 4.74 Å². The fourth-order valence-corrected chi connectivity index (χ4v) is 2.78. The lowest BCUT2D eigenvalue weighted by Gasteiger charge is -2.05. The Morgan fingerprint density at radius 1 is 1.35 bits per heavy atom. The molecule has 0 fully saturated rings. The van der Waals surface area contributed by atoms with Crippen molar-refractivity contribution in [2.75, 3.05) is 6.61 Å². The number of carbonyl (C=O) groups is 1. The van der Waals surface area contributed by atoms with Crippen molar-refractivity contribution in [2.24, 2.45) is 0 Å². The number of aldehydes is 1. The number of imidazole rings is 1. The second kappa shape index (κ2) is 5.46. The number of thiazole rings is 1. The quantitative estimate of drug-likeness (QED) is 0.672. The fourth-order valence-electron chi connectivity index (χ4n) is 2.06. The standard InChI is InChI=1S/C15H14N2O2S/c1-2-8-19-12-5-3-11(4-6-12)14-13(10-18)17-7-9-20-15(17)16-14/h3-7,9-10H,2,8H2,1H3. The molecule has 0 unspecified atom stereocenters. The zero-order valence-electron chi connectivity index (χ0n) is 11.1. The van der Waals surface area contributed by atoms with E-state index < -0.39 is 0 Å². The predicted molar refractivity (Wildman–Crippen MR) is 79.7 cm³/mol. The van der Waals surface area contributed by atoms with Crippen molar-refractivity contribution >= 4 is 22.6 Å². The van der Waals surface area contributed by atoms with Crippen LogP contribution in [0.25, 0.3) is 16.2 Å². The lowest BCUT2D eigenvalue weighted by Crippen LogP contribution is -1.95. The molecule has 2 heterocycles. The van der Waals surface area contributed by atoms with Crippen LogP contribution in [0.4, 0.5) is 0 Å². The van der Waals surface area contributed by atoms with Crippen molar-refractivity contribution in [3.05, 3.63) is 41.5 Å². The van der Waals surface area contributed by atoms with E-state index in [9.17, 15) is 4.79 Å². The molecule has 5 heteroatoms. The monoisotopic (exact) mass is 286 g/mol. The first-order chi connectivity index (χ1) is 9.83. The minimum atomic E-state index is 0.587. The molecule has 0 saturated heterocycles. The fraction of sp³-hybridized carbons (Fsp3) is 0.200. The zero-order valence-corrected chi connectivity index (χ0v) is 11.9. The molecule has 20 heavy (non-hydrogen) atoms. The first-order valence-corrected chi connectivity index (χ1v) is 7.35. The van der Waals surface area contributed by atoms with E-state index in [-0.39, 0.29) is 0 Å². The van der Waals surface area contributed by atoms with Gasteiger partial charge in [0.2, 0.25) is 0 Å². The molecule has 4 nitrogen and oxygen atoms in total. The Kier molecular flexibility index (Phi) is 3.52. The van der Waals surface area contributed by atoms with Gasteiger partial charge in [-0.3, -0.25) is 9.20 Å². The van der Waals surface area contributed by atoms with Crippen LogP contribution in [0.15, 0.2) is 35.8 Å². The van der Waals surface area contributed by atoms with Crippen LogP contribution in [-0.4, -0.2) is 22.3 Å². The maximum Gasteiger partial charge on any atom is 0.194 e. The number of carbonyl (C=O) groups excluding carboxylic acids is 1. The Labute approximate surface area is 120 Å². The molecule has 0 radical (unpaired) electrons. The Morgan fingerprint density at radius 3 is 2.85 bits per heavy atom. The van der Waals surface area contributed by atoms with Crippen LogP contribution >= 0.6 is 11.3 Å². The van der Waals surface area contributed by atoms with Crippen molar-refractivity contribution in [1.82, 2.24) is 9.38 Å². The number of benzene rings is 1. The molecule has 102 valence electrons. The summed E-state index contributed by atoms with van der Waals surface area (Å²) in [4.78, 5) is 16.6. The first-order valence-electron chi connectivity index (χ1n) is 6.47. The van der Waals surface area contributed by atoms with Gasteiger partial charge in [0.25, 0.3) is 0 Å². The summed E-state index contributed by atoms with van der Waals surface area (Å²) in [5.74, 6) is 0.837. The number of fused-ring (bicyclic) bond motifs is 1. The smallest absolute Gasteiger partial charge is 0.194 e. The Morgan fingerprint density at radius 2 is 2.15 bits per heavy atom. The van der Waals surface area contributed by atoms with Crippen molar-refractivity contribution in [3.8, 4) is 17.0 Å². The predicted octanol–water partition coefficient (Wildman–Crippen LogP) is 3.66. The number of nitrogens with zero attached hydrogens (tertiary/aromatic N) is 2. The lowest BCUT2D eigenvalue weighted by molar-refractivity contribution is 0.111. The van der Waals surface area contributed by atoms with Crippen LogP contribution in [0, 0.1) is 0 Å². The highest BCUT2D eigenvalue weighted by atomic mass is 32.1.